The first-order chi connectivity index (χ1) is 13.0. The van der Waals surface area contributed by atoms with Crippen LogP contribution < -0.4 is 10.6 Å². The van der Waals surface area contributed by atoms with Crippen LogP contribution in [0.4, 0.5) is 5.69 Å². The quantitative estimate of drug-likeness (QED) is 0.731. The van der Waals surface area contributed by atoms with Gasteiger partial charge < -0.3 is 10.6 Å². The summed E-state index contributed by atoms with van der Waals surface area (Å²) >= 11 is 0. The average Bonchev–Trinajstić information content (AvgIpc) is 2.70. The fourth-order valence-electron chi connectivity index (χ4n) is 2.55. The Morgan fingerprint density at radius 2 is 1.74 bits per heavy atom. The molecule has 0 bridgehead atoms. The molecule has 0 saturated carbocycles. The predicted molar refractivity (Wildman–Crippen MR) is 104 cm³/mol. The van der Waals surface area contributed by atoms with Gasteiger partial charge in [0, 0.05) is 36.4 Å². The van der Waals surface area contributed by atoms with E-state index >= 15 is 0 Å². The Hall–Kier alpha value is -3.54. The lowest BCUT2D eigenvalue weighted by atomic mass is 10.1. The van der Waals surface area contributed by atoms with Gasteiger partial charge in [-0.3, -0.25) is 19.6 Å². The second-order valence-corrected chi connectivity index (χ2v) is 6.17. The van der Waals surface area contributed by atoms with Crippen LogP contribution in [0, 0.1) is 13.8 Å². The third-order valence-electron chi connectivity index (χ3n) is 4.31. The van der Waals surface area contributed by atoms with Crippen molar-refractivity contribution < 1.29 is 9.59 Å². The fourth-order valence-corrected chi connectivity index (χ4v) is 2.55. The van der Waals surface area contributed by atoms with E-state index in [1.807, 2.05) is 44.2 Å². The zero-order valence-corrected chi connectivity index (χ0v) is 15.2. The number of hydrogen-bond donors (Lipinski definition) is 2. The fraction of sp³-hybridized carbons (Fsp3) is 0.143. The highest BCUT2D eigenvalue weighted by Gasteiger charge is 2.13. The molecule has 6 nitrogen and oxygen atoms in total. The van der Waals surface area contributed by atoms with E-state index in [0.717, 1.165) is 22.4 Å². The first-order valence-corrected chi connectivity index (χ1v) is 8.55. The van der Waals surface area contributed by atoms with Crippen LogP contribution in [-0.4, -0.2) is 21.8 Å². The Kier molecular flexibility index (Phi) is 5.56. The van der Waals surface area contributed by atoms with Crippen molar-refractivity contribution in [2.24, 2.45) is 0 Å². The maximum Gasteiger partial charge on any atom is 0.274 e. The number of aryl methyl sites for hydroxylation is 1. The largest absolute Gasteiger partial charge is 0.348 e. The molecular formula is C21H20N4O2. The molecule has 2 N–H and O–H groups in total. The first-order valence-electron chi connectivity index (χ1n) is 8.55. The monoisotopic (exact) mass is 360 g/mol. The smallest absolute Gasteiger partial charge is 0.274 e. The Morgan fingerprint density at radius 1 is 0.963 bits per heavy atom. The van der Waals surface area contributed by atoms with Crippen LogP contribution in [0.1, 0.15) is 37.5 Å². The number of benzene rings is 1. The summed E-state index contributed by atoms with van der Waals surface area (Å²) < 4.78 is 0. The number of aromatic nitrogens is 2. The SMILES string of the molecule is Cc1cccc(NC(=O)c2cc(C(=O)NCc3ccncc3)ccn2)c1C. The zero-order valence-electron chi connectivity index (χ0n) is 15.2. The van der Waals surface area contributed by atoms with Crippen LogP contribution in [-0.2, 0) is 6.54 Å². The van der Waals surface area contributed by atoms with E-state index in [4.69, 9.17) is 0 Å². The zero-order chi connectivity index (χ0) is 19.2. The van der Waals surface area contributed by atoms with E-state index in [9.17, 15) is 9.59 Å². The summed E-state index contributed by atoms with van der Waals surface area (Å²) in [5.41, 5.74) is 4.33. The Bertz CT molecular complexity index is 971. The number of carbonyl (C=O) groups is 2. The molecule has 3 rings (SSSR count). The topological polar surface area (TPSA) is 84.0 Å². The molecule has 3 aromatic rings. The number of amides is 2. The van der Waals surface area contributed by atoms with Crippen LogP contribution in [0.2, 0.25) is 0 Å². The normalized spacial score (nSPS) is 10.3. The minimum absolute atomic E-state index is 0.187. The van der Waals surface area contributed by atoms with Crippen molar-refractivity contribution in [2.75, 3.05) is 5.32 Å². The van der Waals surface area contributed by atoms with Gasteiger partial charge in [0.25, 0.3) is 11.8 Å². The highest BCUT2D eigenvalue weighted by Crippen LogP contribution is 2.18. The van der Waals surface area contributed by atoms with Crippen molar-refractivity contribution in [3.63, 3.8) is 0 Å². The lowest BCUT2D eigenvalue weighted by Gasteiger charge is -2.10. The highest BCUT2D eigenvalue weighted by molar-refractivity contribution is 6.05. The van der Waals surface area contributed by atoms with Crippen LogP contribution in [0.5, 0.6) is 0 Å². The number of nitrogens with zero attached hydrogens (tertiary/aromatic N) is 2. The van der Waals surface area contributed by atoms with E-state index in [0.29, 0.717) is 12.1 Å². The first kappa shape index (κ1) is 18.3. The van der Waals surface area contributed by atoms with Gasteiger partial charge in [-0.25, -0.2) is 0 Å². The lowest BCUT2D eigenvalue weighted by molar-refractivity contribution is 0.0950. The molecule has 0 fully saturated rings. The third kappa shape index (κ3) is 4.55. The summed E-state index contributed by atoms with van der Waals surface area (Å²) in [6.45, 7) is 4.31. The van der Waals surface area contributed by atoms with Gasteiger partial charge >= 0.3 is 0 Å². The van der Waals surface area contributed by atoms with E-state index in [-0.39, 0.29) is 17.5 Å². The van der Waals surface area contributed by atoms with Crippen LogP contribution >= 0.6 is 0 Å². The van der Waals surface area contributed by atoms with E-state index in [1.165, 1.54) is 12.3 Å². The Morgan fingerprint density at radius 3 is 2.52 bits per heavy atom. The summed E-state index contributed by atoms with van der Waals surface area (Å²) in [7, 11) is 0. The lowest BCUT2D eigenvalue weighted by Crippen LogP contribution is -2.23. The summed E-state index contributed by atoms with van der Waals surface area (Å²) in [4.78, 5) is 32.9. The van der Waals surface area contributed by atoms with E-state index in [1.54, 1.807) is 18.5 Å². The van der Waals surface area contributed by atoms with Gasteiger partial charge in [-0.15, -0.1) is 0 Å². The molecular weight excluding hydrogens is 340 g/mol. The van der Waals surface area contributed by atoms with Crippen molar-refractivity contribution in [1.82, 2.24) is 15.3 Å². The second kappa shape index (κ2) is 8.23. The molecule has 0 aliphatic heterocycles. The molecule has 0 unspecified atom stereocenters. The molecule has 6 heteroatoms. The van der Waals surface area contributed by atoms with Crippen LogP contribution in [0.15, 0.2) is 61.1 Å². The Labute approximate surface area is 157 Å². The van der Waals surface area contributed by atoms with Gasteiger partial charge in [-0.05, 0) is 60.9 Å². The maximum atomic E-state index is 12.5. The molecule has 2 amide bonds. The van der Waals surface area contributed by atoms with Crippen molar-refractivity contribution in [2.45, 2.75) is 20.4 Å². The van der Waals surface area contributed by atoms with Gasteiger partial charge in [-0.1, -0.05) is 12.1 Å². The summed E-state index contributed by atoms with van der Waals surface area (Å²) in [6, 6.07) is 12.4. The molecule has 2 aromatic heterocycles. The summed E-state index contributed by atoms with van der Waals surface area (Å²) in [5.74, 6) is -0.623. The van der Waals surface area contributed by atoms with Gasteiger partial charge in [0.15, 0.2) is 0 Å². The number of rotatable bonds is 5. The molecule has 0 saturated heterocycles. The molecule has 136 valence electrons. The molecule has 0 spiro atoms. The number of nitrogens with one attached hydrogen (secondary N) is 2. The summed E-state index contributed by atoms with van der Waals surface area (Å²) in [5, 5.41) is 5.67. The maximum absolute atomic E-state index is 12.5. The molecule has 2 heterocycles. The van der Waals surface area contributed by atoms with Gasteiger partial charge in [0.05, 0.1) is 0 Å². The standard InChI is InChI=1S/C21H20N4O2/c1-14-4-3-5-18(15(14)2)25-21(27)19-12-17(8-11-23-19)20(26)24-13-16-6-9-22-10-7-16/h3-12H,13H2,1-2H3,(H,24,26)(H,25,27). The minimum Gasteiger partial charge on any atom is -0.348 e. The number of carbonyl (C=O) groups excluding carboxylic acids is 2. The number of hydrogen-bond acceptors (Lipinski definition) is 4. The van der Waals surface area contributed by atoms with Crippen LogP contribution in [0.25, 0.3) is 0 Å². The summed E-state index contributed by atoms with van der Waals surface area (Å²) in [6.07, 6.45) is 4.80. The molecule has 0 aliphatic carbocycles. The van der Waals surface area contributed by atoms with Crippen LogP contribution in [0.3, 0.4) is 0 Å². The molecule has 27 heavy (non-hydrogen) atoms. The third-order valence-corrected chi connectivity index (χ3v) is 4.31. The van der Waals surface area contributed by atoms with Crippen molar-refractivity contribution >= 4 is 17.5 Å². The number of pyridine rings is 2. The van der Waals surface area contributed by atoms with Crippen molar-refractivity contribution in [3.05, 3.63) is 89.0 Å². The molecule has 0 aliphatic rings. The molecule has 0 atom stereocenters. The highest BCUT2D eigenvalue weighted by atomic mass is 16.2. The van der Waals surface area contributed by atoms with Gasteiger partial charge in [0.2, 0.25) is 0 Å². The van der Waals surface area contributed by atoms with E-state index in [2.05, 4.69) is 20.6 Å². The van der Waals surface area contributed by atoms with Gasteiger partial charge in [0.1, 0.15) is 5.69 Å². The molecule has 1 aromatic carbocycles. The average molecular weight is 360 g/mol. The minimum atomic E-state index is -0.354. The van der Waals surface area contributed by atoms with E-state index < -0.39 is 0 Å². The Balaban J connectivity index is 1.70. The van der Waals surface area contributed by atoms with Crippen molar-refractivity contribution in [1.29, 1.82) is 0 Å². The van der Waals surface area contributed by atoms with Gasteiger partial charge in [-0.2, -0.15) is 0 Å². The number of anilines is 1. The molecule has 0 radical (unpaired) electrons. The van der Waals surface area contributed by atoms with Crippen molar-refractivity contribution in [3.8, 4) is 0 Å². The second-order valence-electron chi connectivity index (χ2n) is 6.17. The predicted octanol–water partition coefficient (Wildman–Crippen LogP) is 3.28.